The quantitative estimate of drug-likeness (QED) is 0.629. The summed E-state index contributed by atoms with van der Waals surface area (Å²) in [5.41, 5.74) is -0.872. The van der Waals surface area contributed by atoms with Crippen LogP contribution in [0.25, 0.3) is 0 Å². The van der Waals surface area contributed by atoms with Crippen molar-refractivity contribution >= 4 is 23.2 Å². The Hall–Kier alpha value is -1.20. The molecule has 0 atom stereocenters. The fourth-order valence-corrected chi connectivity index (χ4v) is 2.16. The third-order valence-electron chi connectivity index (χ3n) is 2.63. The van der Waals surface area contributed by atoms with E-state index in [0.717, 1.165) is 12.1 Å². The van der Waals surface area contributed by atoms with Crippen LogP contribution in [0.2, 0.25) is 0 Å². The van der Waals surface area contributed by atoms with Gasteiger partial charge in [-0.3, -0.25) is 0 Å². The van der Waals surface area contributed by atoms with E-state index in [4.69, 9.17) is 27.9 Å². The lowest BCUT2D eigenvalue weighted by molar-refractivity contribution is -0.137. The minimum Gasteiger partial charge on any atom is -0.454 e. The number of ether oxygens (including phenoxy) is 1. The summed E-state index contributed by atoms with van der Waals surface area (Å²) in [7, 11) is 0. The van der Waals surface area contributed by atoms with Gasteiger partial charge in [-0.1, -0.05) is 29.3 Å². The van der Waals surface area contributed by atoms with Gasteiger partial charge in [0.1, 0.15) is 16.6 Å². The molecule has 0 heterocycles. The third-order valence-corrected chi connectivity index (χ3v) is 3.37. The maximum atomic E-state index is 13.4. The largest absolute Gasteiger partial charge is 0.454 e. The highest BCUT2D eigenvalue weighted by Gasteiger charge is 2.31. The number of hydrogen-bond acceptors (Lipinski definition) is 1. The minimum atomic E-state index is -4.49. The molecule has 2 rings (SSSR count). The molecule has 0 aliphatic heterocycles. The maximum Gasteiger partial charge on any atom is 0.416 e. The molecular formula is C13H8Cl2F4O. The van der Waals surface area contributed by atoms with Crippen LogP contribution >= 0.6 is 23.2 Å². The molecule has 0 fully saturated rings. The molecule has 0 aromatic heterocycles. The Kier molecular flexibility index (Phi) is 4.30. The van der Waals surface area contributed by atoms with Crippen LogP contribution in [0.15, 0.2) is 45.9 Å². The van der Waals surface area contributed by atoms with E-state index >= 15 is 0 Å². The zero-order chi connectivity index (χ0) is 14.9. The lowest BCUT2D eigenvalue weighted by atomic mass is 10.1. The van der Waals surface area contributed by atoms with Gasteiger partial charge in [-0.05, 0) is 24.6 Å². The van der Waals surface area contributed by atoms with E-state index in [0.29, 0.717) is 0 Å². The minimum absolute atomic E-state index is 0.0487. The van der Waals surface area contributed by atoms with Gasteiger partial charge >= 0.3 is 6.18 Å². The molecule has 1 aromatic carbocycles. The second-order valence-electron chi connectivity index (χ2n) is 4.08. The summed E-state index contributed by atoms with van der Waals surface area (Å²) in [5.74, 6) is -0.852. The predicted molar refractivity (Wildman–Crippen MR) is 68.2 cm³/mol. The monoisotopic (exact) mass is 326 g/mol. The standard InChI is InChI=1S/C13H8Cl2F4O/c14-9-4-5-10(16)11(15)12(9)20-8-3-1-2-7(6-8)13(17,18)19/h1-3,6H,4-5H2. The van der Waals surface area contributed by atoms with Crippen molar-refractivity contribution < 1.29 is 22.3 Å². The molecular weight excluding hydrogens is 319 g/mol. The molecule has 0 amide bonds. The second-order valence-corrected chi connectivity index (χ2v) is 4.91. The summed E-state index contributed by atoms with van der Waals surface area (Å²) in [5, 5.41) is -0.132. The average Bonchev–Trinajstić information content (AvgIpc) is 2.39. The Morgan fingerprint density at radius 2 is 1.80 bits per heavy atom. The number of hydrogen-bond donors (Lipinski definition) is 0. The molecule has 1 aliphatic rings. The average molecular weight is 327 g/mol. The van der Waals surface area contributed by atoms with Crippen molar-refractivity contribution in [2.24, 2.45) is 0 Å². The molecule has 1 aliphatic carbocycles. The van der Waals surface area contributed by atoms with Crippen LogP contribution in [0.1, 0.15) is 18.4 Å². The molecule has 0 N–H and O–H groups in total. The summed E-state index contributed by atoms with van der Waals surface area (Å²) < 4.78 is 56.3. The molecule has 0 saturated carbocycles. The Morgan fingerprint density at radius 3 is 2.45 bits per heavy atom. The molecule has 20 heavy (non-hydrogen) atoms. The molecule has 0 radical (unpaired) electrons. The fourth-order valence-electron chi connectivity index (χ4n) is 1.64. The van der Waals surface area contributed by atoms with Crippen LogP contribution in [0.3, 0.4) is 0 Å². The van der Waals surface area contributed by atoms with Crippen molar-refractivity contribution in [1.29, 1.82) is 0 Å². The van der Waals surface area contributed by atoms with Gasteiger partial charge in [0, 0.05) is 6.42 Å². The van der Waals surface area contributed by atoms with E-state index in [1.54, 1.807) is 0 Å². The molecule has 1 nitrogen and oxygen atoms in total. The van der Waals surface area contributed by atoms with Crippen LogP contribution in [0.5, 0.6) is 5.75 Å². The van der Waals surface area contributed by atoms with Gasteiger partial charge in [0.05, 0.1) is 10.6 Å². The van der Waals surface area contributed by atoms with Gasteiger partial charge in [0.15, 0.2) is 5.76 Å². The van der Waals surface area contributed by atoms with Crippen LogP contribution < -0.4 is 4.74 Å². The van der Waals surface area contributed by atoms with Crippen LogP contribution in [-0.2, 0) is 6.18 Å². The molecule has 0 bridgehead atoms. The van der Waals surface area contributed by atoms with Crippen molar-refractivity contribution in [1.82, 2.24) is 0 Å². The normalized spacial score (nSPS) is 16.7. The van der Waals surface area contributed by atoms with Gasteiger partial charge in [-0.15, -0.1) is 0 Å². The van der Waals surface area contributed by atoms with Crippen LogP contribution in [0.4, 0.5) is 17.6 Å². The Bertz CT molecular complexity index is 590. The van der Waals surface area contributed by atoms with Crippen molar-refractivity contribution in [3.63, 3.8) is 0 Å². The summed E-state index contributed by atoms with van der Waals surface area (Å²) in [4.78, 5) is 0. The lowest BCUT2D eigenvalue weighted by Gasteiger charge is -2.17. The fraction of sp³-hybridized carbons (Fsp3) is 0.231. The van der Waals surface area contributed by atoms with Crippen molar-refractivity contribution in [2.45, 2.75) is 19.0 Å². The Balaban J connectivity index is 2.31. The molecule has 0 unspecified atom stereocenters. The first-order valence-corrected chi connectivity index (χ1v) is 6.33. The number of rotatable bonds is 2. The molecule has 1 aromatic rings. The van der Waals surface area contributed by atoms with Gasteiger partial charge in [0.2, 0.25) is 0 Å². The smallest absolute Gasteiger partial charge is 0.416 e. The molecule has 7 heteroatoms. The van der Waals surface area contributed by atoms with E-state index in [1.165, 1.54) is 12.1 Å². The first kappa shape index (κ1) is 15.2. The van der Waals surface area contributed by atoms with Crippen LogP contribution in [0, 0.1) is 0 Å². The Morgan fingerprint density at radius 1 is 1.10 bits per heavy atom. The summed E-state index contributed by atoms with van der Waals surface area (Å²) in [6.07, 6.45) is -4.25. The van der Waals surface area contributed by atoms with Gasteiger partial charge in [0.25, 0.3) is 0 Å². The van der Waals surface area contributed by atoms with Crippen molar-refractivity contribution in [2.75, 3.05) is 0 Å². The van der Waals surface area contributed by atoms with E-state index < -0.39 is 17.6 Å². The number of benzene rings is 1. The highest BCUT2D eigenvalue weighted by molar-refractivity contribution is 6.35. The van der Waals surface area contributed by atoms with E-state index in [1.807, 2.05) is 0 Å². The zero-order valence-electron chi connectivity index (χ0n) is 9.90. The summed E-state index contributed by atoms with van der Waals surface area (Å²) in [6.45, 7) is 0. The predicted octanol–water partition coefficient (Wildman–Crippen LogP) is 5.75. The molecule has 108 valence electrons. The number of allylic oxidation sites excluding steroid dienone is 3. The molecule has 0 spiro atoms. The highest BCUT2D eigenvalue weighted by atomic mass is 35.5. The van der Waals surface area contributed by atoms with E-state index in [9.17, 15) is 17.6 Å². The topological polar surface area (TPSA) is 9.23 Å². The SMILES string of the molecule is FC1=C(Cl)C(Oc2cccc(C(F)(F)F)c2)=C(Cl)CC1. The first-order chi connectivity index (χ1) is 9.29. The van der Waals surface area contributed by atoms with Gasteiger partial charge in [-0.2, -0.15) is 13.2 Å². The van der Waals surface area contributed by atoms with Crippen molar-refractivity contribution in [3.05, 3.63) is 51.5 Å². The third kappa shape index (κ3) is 3.27. The maximum absolute atomic E-state index is 13.4. The number of halogens is 6. The summed E-state index contributed by atoms with van der Waals surface area (Å²) in [6, 6.07) is 4.20. The second kappa shape index (κ2) is 5.66. The van der Waals surface area contributed by atoms with E-state index in [-0.39, 0.29) is 34.4 Å². The van der Waals surface area contributed by atoms with Gasteiger partial charge in [-0.25, -0.2) is 4.39 Å². The zero-order valence-corrected chi connectivity index (χ0v) is 11.4. The van der Waals surface area contributed by atoms with E-state index in [2.05, 4.69) is 0 Å². The summed E-state index contributed by atoms with van der Waals surface area (Å²) >= 11 is 11.6. The molecule has 0 saturated heterocycles. The number of alkyl halides is 3. The first-order valence-electron chi connectivity index (χ1n) is 5.57. The van der Waals surface area contributed by atoms with Crippen molar-refractivity contribution in [3.8, 4) is 5.75 Å². The van der Waals surface area contributed by atoms with Gasteiger partial charge < -0.3 is 4.74 Å². The Labute approximate surface area is 122 Å². The lowest BCUT2D eigenvalue weighted by Crippen LogP contribution is -2.07. The van der Waals surface area contributed by atoms with Crippen LogP contribution in [-0.4, -0.2) is 0 Å². The highest BCUT2D eigenvalue weighted by Crippen LogP contribution is 2.38.